The molecule has 1 unspecified atom stereocenters. The Hall–Kier alpha value is -1.86. The molecule has 0 saturated carbocycles. The van der Waals surface area contributed by atoms with E-state index in [0.717, 1.165) is 10.6 Å². The number of carboxylic acid groups (broad SMARTS) is 1. The quantitative estimate of drug-likeness (QED) is 0.686. The molecule has 0 radical (unpaired) electrons. The first-order chi connectivity index (χ1) is 9.19. The zero-order valence-electron chi connectivity index (χ0n) is 10.5. The van der Waals surface area contributed by atoms with Gasteiger partial charge in [-0.25, -0.2) is 9.54 Å². The van der Waals surface area contributed by atoms with Gasteiger partial charge in [0.05, 0.1) is 0 Å². The minimum atomic E-state index is -2.39. The average molecular weight is 271 g/mol. The Morgan fingerprint density at radius 3 is 2.42 bits per heavy atom. The molecule has 0 spiro atoms. The van der Waals surface area contributed by atoms with Crippen molar-refractivity contribution in [2.24, 2.45) is 4.74 Å². The maximum atomic E-state index is 11.1. The maximum absolute atomic E-state index is 11.1. The number of carbonyl (C=O) groups is 1. The summed E-state index contributed by atoms with van der Waals surface area (Å²) in [7, 11) is -2.39. The highest BCUT2D eigenvalue weighted by Gasteiger charge is 2.12. The van der Waals surface area contributed by atoms with Gasteiger partial charge >= 0.3 is 6.09 Å². The van der Waals surface area contributed by atoms with E-state index in [2.05, 4.69) is 10.8 Å². The van der Waals surface area contributed by atoms with Crippen molar-refractivity contribution in [3.05, 3.63) is 66.8 Å². The second kappa shape index (κ2) is 5.85. The summed E-state index contributed by atoms with van der Waals surface area (Å²) >= 11 is 0. The van der Waals surface area contributed by atoms with Crippen LogP contribution in [0.1, 0.15) is 6.92 Å². The van der Waals surface area contributed by atoms with Crippen LogP contribution in [0.15, 0.2) is 59.3 Å². The molecular formula is C15H14NO2P-2. The lowest BCUT2D eigenvalue weighted by Gasteiger charge is -2.35. The zero-order valence-corrected chi connectivity index (χ0v) is 11.4. The van der Waals surface area contributed by atoms with Crippen molar-refractivity contribution in [3.8, 4) is 0 Å². The van der Waals surface area contributed by atoms with Crippen LogP contribution in [0.2, 0.25) is 0 Å². The zero-order chi connectivity index (χ0) is 13.7. The van der Waals surface area contributed by atoms with Gasteiger partial charge < -0.3 is 5.11 Å². The van der Waals surface area contributed by atoms with Crippen LogP contribution in [0.3, 0.4) is 0 Å². The fourth-order valence-electron chi connectivity index (χ4n) is 1.98. The highest BCUT2D eigenvalue weighted by Crippen LogP contribution is 2.49. The summed E-state index contributed by atoms with van der Waals surface area (Å²) in [6, 6.07) is 20.1. The summed E-state index contributed by atoms with van der Waals surface area (Å²) in [5.41, 5.74) is 0. The Kier molecular flexibility index (Phi) is 4.18. The van der Waals surface area contributed by atoms with Crippen molar-refractivity contribution >= 4 is 23.8 Å². The van der Waals surface area contributed by atoms with Gasteiger partial charge in [-0.2, -0.15) is 37.3 Å². The van der Waals surface area contributed by atoms with Crippen molar-refractivity contribution in [3.63, 3.8) is 0 Å². The summed E-state index contributed by atoms with van der Waals surface area (Å²) in [6.07, 6.45) is 0.745. The monoisotopic (exact) mass is 271 g/mol. The molecule has 19 heavy (non-hydrogen) atoms. The Labute approximate surface area is 113 Å². The molecule has 3 nitrogen and oxygen atoms in total. The van der Waals surface area contributed by atoms with Gasteiger partial charge in [0.1, 0.15) is 0 Å². The summed E-state index contributed by atoms with van der Waals surface area (Å²) in [6.45, 7) is 1.86. The third kappa shape index (κ3) is 2.77. The van der Waals surface area contributed by atoms with Crippen LogP contribution < -0.4 is 10.6 Å². The van der Waals surface area contributed by atoms with Crippen LogP contribution in [0.25, 0.3) is 0 Å². The van der Waals surface area contributed by atoms with E-state index in [0.29, 0.717) is 0 Å². The number of benzene rings is 2. The predicted molar refractivity (Wildman–Crippen MR) is 78.3 cm³/mol. The molecule has 1 atom stereocenters. The second-order valence-electron chi connectivity index (χ2n) is 3.91. The topological polar surface area (TPSA) is 49.7 Å². The Bertz CT molecular complexity index is 565. The van der Waals surface area contributed by atoms with Gasteiger partial charge in [-0.3, -0.25) is 6.16 Å². The fraction of sp³-hybridized carbons (Fsp3) is 0.0667. The van der Waals surface area contributed by atoms with Crippen LogP contribution >= 0.6 is 7.05 Å². The summed E-state index contributed by atoms with van der Waals surface area (Å²) in [5.74, 6) is 0. The first-order valence-corrected chi connectivity index (χ1v) is 7.68. The normalized spacial score (nSPS) is 13.5. The Morgan fingerprint density at radius 2 is 1.89 bits per heavy atom. The third-order valence-corrected chi connectivity index (χ3v) is 6.16. The highest BCUT2D eigenvalue weighted by atomic mass is 31.2. The van der Waals surface area contributed by atoms with Crippen LogP contribution in [0.5, 0.6) is 0 Å². The van der Waals surface area contributed by atoms with E-state index in [1.165, 1.54) is 0 Å². The third-order valence-electron chi connectivity index (χ3n) is 2.83. The van der Waals surface area contributed by atoms with Crippen LogP contribution in [-0.2, 0) is 0 Å². The molecule has 1 amide bonds. The van der Waals surface area contributed by atoms with E-state index in [9.17, 15) is 4.79 Å². The molecule has 2 aromatic carbocycles. The Morgan fingerprint density at radius 1 is 1.21 bits per heavy atom. The number of amides is 1. The lowest BCUT2D eigenvalue weighted by atomic mass is 10.4. The van der Waals surface area contributed by atoms with E-state index < -0.39 is 13.1 Å². The molecule has 0 fully saturated rings. The molecule has 0 bridgehead atoms. The van der Waals surface area contributed by atoms with Gasteiger partial charge in [-0.1, -0.05) is 30.3 Å². The molecule has 0 aliphatic carbocycles. The van der Waals surface area contributed by atoms with E-state index in [-0.39, 0.29) is 0 Å². The van der Waals surface area contributed by atoms with Crippen molar-refractivity contribution in [2.75, 3.05) is 0 Å². The SMILES string of the molecule is C[CH-]P(=NC(=O)O)(c1[c-]cccc1)c1ccccc1. The smallest absolute Gasteiger partial charge is 0.427 e. The lowest BCUT2D eigenvalue weighted by molar-refractivity contribution is 0.206. The van der Waals surface area contributed by atoms with Crippen molar-refractivity contribution < 1.29 is 9.90 Å². The largest absolute Gasteiger partial charge is 0.464 e. The average Bonchev–Trinajstić information content (AvgIpc) is 2.46. The van der Waals surface area contributed by atoms with E-state index in [1.54, 1.807) is 6.07 Å². The molecule has 4 heteroatoms. The minimum absolute atomic E-state index is 0.825. The Balaban J connectivity index is 2.74. The van der Waals surface area contributed by atoms with Gasteiger partial charge in [-0.15, -0.1) is 12.4 Å². The molecule has 2 aromatic rings. The summed E-state index contributed by atoms with van der Waals surface area (Å²) in [5, 5.41) is 10.9. The molecule has 0 aliphatic heterocycles. The van der Waals surface area contributed by atoms with Crippen molar-refractivity contribution in [2.45, 2.75) is 6.92 Å². The molecule has 0 heterocycles. The number of hydrogen-bond acceptors (Lipinski definition) is 1. The molecule has 0 aromatic heterocycles. The first-order valence-electron chi connectivity index (χ1n) is 5.87. The van der Waals surface area contributed by atoms with E-state index in [1.807, 2.05) is 61.6 Å². The van der Waals surface area contributed by atoms with E-state index >= 15 is 0 Å². The fourth-order valence-corrected chi connectivity index (χ4v) is 4.66. The molecule has 98 valence electrons. The van der Waals surface area contributed by atoms with Gasteiger partial charge in [0.2, 0.25) is 0 Å². The van der Waals surface area contributed by atoms with Crippen molar-refractivity contribution in [1.82, 2.24) is 0 Å². The molecule has 0 saturated heterocycles. The molecular weight excluding hydrogens is 257 g/mol. The molecule has 0 aliphatic rings. The lowest BCUT2D eigenvalue weighted by Crippen LogP contribution is -2.17. The van der Waals surface area contributed by atoms with Crippen LogP contribution in [0, 0.1) is 12.2 Å². The predicted octanol–water partition coefficient (Wildman–Crippen LogP) is 3.50. The van der Waals surface area contributed by atoms with Crippen LogP contribution in [0.4, 0.5) is 4.79 Å². The number of rotatable bonds is 3. The minimum Gasteiger partial charge on any atom is -0.464 e. The summed E-state index contributed by atoms with van der Waals surface area (Å²) in [4.78, 5) is 11.1. The first kappa shape index (κ1) is 13.6. The summed E-state index contributed by atoms with van der Waals surface area (Å²) < 4.78 is 4.01. The van der Waals surface area contributed by atoms with Crippen LogP contribution in [-0.4, -0.2) is 11.2 Å². The maximum Gasteiger partial charge on any atom is 0.427 e. The van der Waals surface area contributed by atoms with Gasteiger partial charge in [0.15, 0.2) is 0 Å². The van der Waals surface area contributed by atoms with Gasteiger partial charge in [-0.05, 0) is 5.30 Å². The number of hydrogen-bond donors (Lipinski definition) is 1. The van der Waals surface area contributed by atoms with Gasteiger partial charge in [0, 0.05) is 0 Å². The van der Waals surface area contributed by atoms with E-state index in [4.69, 9.17) is 5.11 Å². The second-order valence-corrected chi connectivity index (χ2v) is 7.00. The number of nitrogens with zero attached hydrogens (tertiary/aromatic N) is 1. The highest BCUT2D eigenvalue weighted by molar-refractivity contribution is 7.82. The standard InChI is InChI=1S/C15H14NO2P/c1-2-19(16-15(17)18,13-9-5-3-6-10-13)14-11-7-4-8-12-14/h2-11H,1H3,(H,17,18)/q-2. The molecule has 2 rings (SSSR count). The van der Waals surface area contributed by atoms with Gasteiger partial charge in [0.25, 0.3) is 0 Å². The molecule has 1 N–H and O–H groups in total. The van der Waals surface area contributed by atoms with Crippen molar-refractivity contribution in [1.29, 1.82) is 0 Å².